The lowest BCUT2D eigenvalue weighted by Gasteiger charge is -2.34. The fourth-order valence-electron chi connectivity index (χ4n) is 3.51. The number of halogens is 1. The van der Waals surface area contributed by atoms with Gasteiger partial charge in [0.05, 0.1) is 12.1 Å². The number of benzene rings is 1. The quantitative estimate of drug-likeness (QED) is 0.927. The zero-order valence-electron chi connectivity index (χ0n) is 15.1. The number of hydrogen-bond donors (Lipinski definition) is 1. The molecule has 0 spiro atoms. The molecule has 3 rings (SSSR count). The summed E-state index contributed by atoms with van der Waals surface area (Å²) in [7, 11) is 1.89. The van der Waals surface area contributed by atoms with Gasteiger partial charge in [-0.25, -0.2) is 4.39 Å². The lowest BCUT2D eigenvalue weighted by atomic mass is 10.0. The smallest absolute Gasteiger partial charge is 0.224 e. The molecule has 1 atom stereocenters. The van der Waals surface area contributed by atoms with Crippen LogP contribution in [0.15, 0.2) is 24.3 Å². The van der Waals surface area contributed by atoms with Crippen LogP contribution in [0.4, 0.5) is 10.1 Å². The minimum atomic E-state index is -0.230. The largest absolute Gasteiger partial charge is 0.369 e. The van der Waals surface area contributed by atoms with Crippen LogP contribution in [-0.4, -0.2) is 34.8 Å². The highest BCUT2D eigenvalue weighted by atomic mass is 19.1. The molecular weight excluding hydrogens is 319 g/mol. The molecule has 25 heavy (non-hydrogen) atoms. The van der Waals surface area contributed by atoms with Gasteiger partial charge in [-0.15, -0.1) is 0 Å². The number of nitrogens with zero attached hydrogens (tertiary/aromatic N) is 3. The topological polar surface area (TPSA) is 50.2 Å². The third-order valence-corrected chi connectivity index (χ3v) is 4.96. The summed E-state index contributed by atoms with van der Waals surface area (Å²) in [6.07, 6.45) is 2.27. The second kappa shape index (κ2) is 7.25. The molecule has 1 fully saturated rings. The first-order chi connectivity index (χ1) is 11.9. The molecule has 0 aliphatic carbocycles. The highest BCUT2D eigenvalue weighted by Crippen LogP contribution is 2.21. The normalized spacial score (nSPS) is 17.6. The first-order valence-corrected chi connectivity index (χ1v) is 8.73. The van der Waals surface area contributed by atoms with Crippen LogP contribution in [0.5, 0.6) is 0 Å². The molecule has 0 unspecified atom stereocenters. The second-order valence-electron chi connectivity index (χ2n) is 6.78. The Morgan fingerprint density at radius 1 is 1.40 bits per heavy atom. The van der Waals surface area contributed by atoms with Crippen molar-refractivity contribution in [2.24, 2.45) is 7.05 Å². The van der Waals surface area contributed by atoms with Crippen LogP contribution in [0.1, 0.15) is 29.8 Å². The van der Waals surface area contributed by atoms with E-state index in [0.717, 1.165) is 42.0 Å². The number of amides is 1. The molecule has 1 saturated heterocycles. The number of piperidine rings is 1. The Morgan fingerprint density at radius 3 is 2.88 bits per heavy atom. The van der Waals surface area contributed by atoms with E-state index in [-0.39, 0.29) is 17.8 Å². The van der Waals surface area contributed by atoms with Crippen LogP contribution < -0.4 is 10.2 Å². The van der Waals surface area contributed by atoms with Crippen molar-refractivity contribution in [3.63, 3.8) is 0 Å². The number of carbonyl (C=O) groups is 1. The number of carbonyl (C=O) groups excluding carboxylic acids is 1. The third-order valence-electron chi connectivity index (χ3n) is 4.96. The van der Waals surface area contributed by atoms with Gasteiger partial charge < -0.3 is 10.2 Å². The zero-order chi connectivity index (χ0) is 18.0. The van der Waals surface area contributed by atoms with Gasteiger partial charge in [0.1, 0.15) is 5.82 Å². The van der Waals surface area contributed by atoms with Crippen LogP contribution in [0, 0.1) is 19.7 Å². The molecule has 0 radical (unpaired) electrons. The molecule has 2 aromatic rings. The van der Waals surface area contributed by atoms with Gasteiger partial charge >= 0.3 is 0 Å². The number of rotatable bonds is 4. The second-order valence-corrected chi connectivity index (χ2v) is 6.78. The van der Waals surface area contributed by atoms with Crippen molar-refractivity contribution in [1.82, 2.24) is 15.1 Å². The van der Waals surface area contributed by atoms with Gasteiger partial charge in [0.25, 0.3) is 0 Å². The Morgan fingerprint density at radius 2 is 2.20 bits per heavy atom. The Balaban J connectivity index is 1.61. The molecule has 0 bridgehead atoms. The molecular formula is C19H25FN4O. The predicted octanol–water partition coefficient (Wildman–Crippen LogP) is 2.50. The Bertz CT molecular complexity index is 771. The molecule has 1 aromatic carbocycles. The summed E-state index contributed by atoms with van der Waals surface area (Å²) in [5.74, 6) is -0.212. The molecule has 134 valence electrons. The van der Waals surface area contributed by atoms with Gasteiger partial charge in [-0.2, -0.15) is 5.10 Å². The van der Waals surface area contributed by atoms with Crippen molar-refractivity contribution in [2.75, 3.05) is 18.0 Å². The highest BCUT2D eigenvalue weighted by Gasteiger charge is 2.23. The molecule has 1 N–H and O–H groups in total. The van der Waals surface area contributed by atoms with E-state index >= 15 is 0 Å². The van der Waals surface area contributed by atoms with Gasteiger partial charge in [0.15, 0.2) is 0 Å². The number of aryl methyl sites for hydroxylation is 2. The van der Waals surface area contributed by atoms with Gasteiger partial charge in [0.2, 0.25) is 5.91 Å². The van der Waals surface area contributed by atoms with E-state index in [9.17, 15) is 9.18 Å². The number of anilines is 1. The van der Waals surface area contributed by atoms with E-state index < -0.39 is 0 Å². The average molecular weight is 344 g/mol. The average Bonchev–Trinajstić information content (AvgIpc) is 2.81. The van der Waals surface area contributed by atoms with Crippen molar-refractivity contribution in [3.05, 3.63) is 47.0 Å². The van der Waals surface area contributed by atoms with Gasteiger partial charge in [-0.05, 0) is 44.9 Å². The van der Waals surface area contributed by atoms with Crippen LogP contribution in [-0.2, 0) is 18.3 Å². The highest BCUT2D eigenvalue weighted by molar-refractivity contribution is 5.79. The van der Waals surface area contributed by atoms with Crippen LogP contribution in [0.3, 0.4) is 0 Å². The van der Waals surface area contributed by atoms with Gasteiger partial charge in [-0.3, -0.25) is 9.48 Å². The van der Waals surface area contributed by atoms with E-state index in [0.29, 0.717) is 13.0 Å². The fourth-order valence-corrected chi connectivity index (χ4v) is 3.51. The van der Waals surface area contributed by atoms with Crippen LogP contribution in [0.2, 0.25) is 0 Å². The molecule has 5 nitrogen and oxygen atoms in total. The number of nitrogens with one attached hydrogen (secondary N) is 1. The Kier molecular flexibility index (Phi) is 5.06. The van der Waals surface area contributed by atoms with Gasteiger partial charge in [-0.1, -0.05) is 6.07 Å². The van der Waals surface area contributed by atoms with Crippen molar-refractivity contribution in [1.29, 1.82) is 0 Å². The van der Waals surface area contributed by atoms with E-state index in [1.807, 2.05) is 31.6 Å². The molecule has 1 aliphatic rings. The SMILES string of the molecule is Cc1nn(C)c(C)c1CC(=O)N[C@H]1CCCN(c2cccc(F)c2)C1. The van der Waals surface area contributed by atoms with Crippen LogP contribution in [0.25, 0.3) is 0 Å². The molecule has 1 amide bonds. The summed E-state index contributed by atoms with van der Waals surface area (Å²) in [5, 5.41) is 7.50. The Labute approximate surface area is 147 Å². The molecule has 1 aliphatic heterocycles. The van der Waals surface area contributed by atoms with E-state index in [4.69, 9.17) is 0 Å². The van der Waals surface area contributed by atoms with Gasteiger partial charge in [0, 0.05) is 43.1 Å². The standard InChI is InChI=1S/C19H25FN4O/c1-13-18(14(2)23(3)22-13)11-19(25)21-16-7-5-9-24(12-16)17-8-4-6-15(20)10-17/h4,6,8,10,16H,5,7,9,11-12H2,1-3H3,(H,21,25)/t16-/m0/s1. The van der Waals surface area contributed by atoms with Crippen molar-refractivity contribution in [3.8, 4) is 0 Å². The molecule has 1 aromatic heterocycles. The summed E-state index contributed by atoms with van der Waals surface area (Å²) in [4.78, 5) is 14.6. The minimum Gasteiger partial charge on any atom is -0.369 e. The maximum absolute atomic E-state index is 13.4. The minimum absolute atomic E-state index is 0.0188. The lowest BCUT2D eigenvalue weighted by molar-refractivity contribution is -0.121. The van der Waals surface area contributed by atoms with Crippen molar-refractivity contribution >= 4 is 11.6 Å². The summed E-state index contributed by atoms with van der Waals surface area (Å²) < 4.78 is 15.3. The maximum Gasteiger partial charge on any atom is 0.224 e. The molecule has 0 saturated carbocycles. The van der Waals surface area contributed by atoms with Crippen molar-refractivity contribution < 1.29 is 9.18 Å². The van der Waals surface area contributed by atoms with E-state index in [2.05, 4.69) is 15.3 Å². The van der Waals surface area contributed by atoms with Crippen LogP contribution >= 0.6 is 0 Å². The maximum atomic E-state index is 13.4. The predicted molar refractivity (Wildman–Crippen MR) is 96.2 cm³/mol. The monoisotopic (exact) mass is 344 g/mol. The molecule has 2 heterocycles. The summed E-state index contributed by atoms with van der Waals surface area (Å²) in [5.41, 5.74) is 3.80. The van der Waals surface area contributed by atoms with Crippen molar-refractivity contribution in [2.45, 2.75) is 39.2 Å². The van der Waals surface area contributed by atoms with E-state index in [1.165, 1.54) is 6.07 Å². The number of hydrogen-bond acceptors (Lipinski definition) is 3. The molecule has 6 heteroatoms. The third kappa shape index (κ3) is 4.00. The summed E-state index contributed by atoms with van der Waals surface area (Å²) in [6, 6.07) is 6.72. The first kappa shape index (κ1) is 17.5. The summed E-state index contributed by atoms with van der Waals surface area (Å²) in [6.45, 7) is 5.51. The zero-order valence-corrected chi connectivity index (χ0v) is 15.1. The Hall–Kier alpha value is -2.37. The van der Waals surface area contributed by atoms with E-state index in [1.54, 1.807) is 12.1 Å². The first-order valence-electron chi connectivity index (χ1n) is 8.73. The fraction of sp³-hybridized carbons (Fsp3) is 0.474. The number of aromatic nitrogens is 2. The summed E-state index contributed by atoms with van der Waals surface area (Å²) >= 11 is 0. The lowest BCUT2D eigenvalue weighted by Crippen LogP contribution is -2.48.